The lowest BCUT2D eigenvalue weighted by Gasteiger charge is -2.02. The predicted molar refractivity (Wildman–Crippen MR) is 81.9 cm³/mol. The van der Waals surface area contributed by atoms with Crippen LogP contribution in [0.1, 0.15) is 34.2 Å². The van der Waals surface area contributed by atoms with E-state index >= 15 is 0 Å². The van der Waals surface area contributed by atoms with Crippen molar-refractivity contribution in [3.63, 3.8) is 0 Å². The van der Waals surface area contributed by atoms with E-state index in [-0.39, 0.29) is 0 Å². The van der Waals surface area contributed by atoms with Gasteiger partial charge >= 0.3 is 0 Å². The lowest BCUT2D eigenvalue weighted by atomic mass is 10.0. The lowest BCUT2D eigenvalue weighted by Crippen LogP contribution is -2.03. The van der Waals surface area contributed by atoms with Crippen LogP contribution in [0.2, 0.25) is 0 Å². The largest absolute Gasteiger partial charge is 0.299 e. The number of hydrogen-bond acceptors (Lipinski definition) is 2. The second-order valence-corrected chi connectivity index (χ2v) is 6.18. The quantitative estimate of drug-likeness (QED) is 0.763. The van der Waals surface area contributed by atoms with Crippen LogP contribution in [0.5, 0.6) is 0 Å². The second kappa shape index (κ2) is 6.67. The molecule has 0 bridgehead atoms. The average molecular weight is 272 g/mol. The zero-order chi connectivity index (χ0) is 13.7. The molecule has 2 heteroatoms. The maximum Gasteiger partial charge on any atom is 0.138 e. The predicted octanol–water partition coefficient (Wildman–Crippen LogP) is 4.36. The molecule has 0 aliphatic carbocycles. The van der Waals surface area contributed by atoms with Crippen molar-refractivity contribution in [1.82, 2.24) is 0 Å². The van der Waals surface area contributed by atoms with Crippen molar-refractivity contribution >= 4 is 17.1 Å². The van der Waals surface area contributed by atoms with Gasteiger partial charge in [0.15, 0.2) is 0 Å². The van der Waals surface area contributed by atoms with Crippen LogP contribution in [0.3, 0.4) is 0 Å². The molecule has 100 valence electrons. The van der Waals surface area contributed by atoms with Crippen molar-refractivity contribution in [2.24, 2.45) is 0 Å². The average Bonchev–Trinajstić information content (AvgIpc) is 2.84. The zero-order valence-electron chi connectivity index (χ0n) is 11.6. The first-order valence-electron chi connectivity index (χ1n) is 6.82. The molecule has 0 N–H and O–H groups in total. The number of Topliss-reactive ketones (excluding diaryl/α,β-unsaturated/α-hetero) is 1. The van der Waals surface area contributed by atoms with Gasteiger partial charge in [-0.1, -0.05) is 36.8 Å². The lowest BCUT2D eigenvalue weighted by molar-refractivity contribution is -0.118. The summed E-state index contributed by atoms with van der Waals surface area (Å²) in [4.78, 5) is 14.5. The SMILES string of the molecule is CCc1ccc(CC(=O)CCc2cccc(C)c2)s1. The van der Waals surface area contributed by atoms with Crippen molar-refractivity contribution < 1.29 is 4.79 Å². The summed E-state index contributed by atoms with van der Waals surface area (Å²) in [6.45, 7) is 4.23. The molecule has 0 fully saturated rings. The fourth-order valence-corrected chi connectivity index (χ4v) is 3.13. The molecule has 0 unspecified atom stereocenters. The molecule has 0 spiro atoms. The molecule has 0 aliphatic heterocycles. The van der Waals surface area contributed by atoms with E-state index in [1.165, 1.54) is 20.9 Å². The van der Waals surface area contributed by atoms with Gasteiger partial charge in [0.05, 0.1) is 0 Å². The van der Waals surface area contributed by atoms with E-state index in [0.29, 0.717) is 18.6 Å². The summed E-state index contributed by atoms with van der Waals surface area (Å²) in [5.74, 6) is 0.339. The first kappa shape index (κ1) is 14.0. The number of aryl methyl sites for hydroxylation is 3. The zero-order valence-corrected chi connectivity index (χ0v) is 12.4. The fraction of sp³-hybridized carbons (Fsp3) is 0.353. The molecule has 2 rings (SSSR count). The van der Waals surface area contributed by atoms with Gasteiger partial charge < -0.3 is 0 Å². The fourth-order valence-electron chi connectivity index (χ4n) is 2.14. The van der Waals surface area contributed by atoms with Crippen LogP contribution < -0.4 is 0 Å². The van der Waals surface area contributed by atoms with Gasteiger partial charge in [0.2, 0.25) is 0 Å². The summed E-state index contributed by atoms with van der Waals surface area (Å²) in [5, 5.41) is 0. The minimum Gasteiger partial charge on any atom is -0.299 e. The Morgan fingerprint density at radius 3 is 2.63 bits per heavy atom. The smallest absolute Gasteiger partial charge is 0.138 e. The van der Waals surface area contributed by atoms with Crippen LogP contribution in [-0.4, -0.2) is 5.78 Å². The molecular weight excluding hydrogens is 252 g/mol. The van der Waals surface area contributed by atoms with Crippen LogP contribution in [0.4, 0.5) is 0 Å². The first-order valence-corrected chi connectivity index (χ1v) is 7.64. The molecule has 19 heavy (non-hydrogen) atoms. The van der Waals surface area contributed by atoms with Gasteiger partial charge in [0.25, 0.3) is 0 Å². The third kappa shape index (κ3) is 4.32. The second-order valence-electron chi connectivity index (χ2n) is 4.93. The van der Waals surface area contributed by atoms with Crippen LogP contribution in [0, 0.1) is 6.92 Å². The van der Waals surface area contributed by atoms with Gasteiger partial charge in [-0.2, -0.15) is 0 Å². The Bertz CT molecular complexity index is 554. The van der Waals surface area contributed by atoms with Crippen LogP contribution in [0.15, 0.2) is 36.4 Å². The molecule has 0 atom stereocenters. The van der Waals surface area contributed by atoms with Gasteiger partial charge in [-0.3, -0.25) is 4.79 Å². The van der Waals surface area contributed by atoms with Gasteiger partial charge in [-0.25, -0.2) is 0 Å². The van der Waals surface area contributed by atoms with Crippen LogP contribution in [0.25, 0.3) is 0 Å². The first-order chi connectivity index (χ1) is 9.17. The minimum atomic E-state index is 0.339. The Morgan fingerprint density at radius 1 is 1.16 bits per heavy atom. The summed E-state index contributed by atoms with van der Waals surface area (Å²) in [6, 6.07) is 12.6. The monoisotopic (exact) mass is 272 g/mol. The highest BCUT2D eigenvalue weighted by molar-refractivity contribution is 7.12. The highest BCUT2D eigenvalue weighted by Gasteiger charge is 2.06. The maximum absolute atomic E-state index is 12.0. The Hall–Kier alpha value is -1.41. The van der Waals surface area contributed by atoms with Gasteiger partial charge in [0.1, 0.15) is 5.78 Å². The number of rotatable bonds is 6. The molecule has 0 radical (unpaired) electrons. The van der Waals surface area contributed by atoms with Crippen LogP contribution >= 0.6 is 11.3 Å². The Labute approximate surface area is 119 Å². The van der Waals surface area contributed by atoms with E-state index in [4.69, 9.17) is 0 Å². The van der Waals surface area contributed by atoms with Crippen molar-refractivity contribution in [3.05, 3.63) is 57.3 Å². The van der Waals surface area contributed by atoms with Crippen molar-refractivity contribution in [2.45, 2.75) is 39.5 Å². The van der Waals surface area contributed by atoms with E-state index in [0.717, 1.165) is 12.8 Å². The number of thiophene rings is 1. The molecule has 0 amide bonds. The normalized spacial score (nSPS) is 10.6. The molecule has 2 aromatic rings. The standard InChI is InChI=1S/C17H20OS/c1-3-16-9-10-17(19-16)12-15(18)8-7-14-6-4-5-13(2)11-14/h4-6,9-11H,3,7-8,12H2,1-2H3. The Morgan fingerprint density at radius 2 is 1.95 bits per heavy atom. The molecule has 1 aromatic heterocycles. The van der Waals surface area contributed by atoms with E-state index in [1.54, 1.807) is 11.3 Å². The summed E-state index contributed by atoms with van der Waals surface area (Å²) >= 11 is 1.76. The molecule has 0 saturated heterocycles. The number of ketones is 1. The number of carbonyl (C=O) groups excluding carboxylic acids is 1. The van der Waals surface area contributed by atoms with E-state index in [9.17, 15) is 4.79 Å². The van der Waals surface area contributed by atoms with Gasteiger partial charge in [0, 0.05) is 22.6 Å². The van der Waals surface area contributed by atoms with Crippen molar-refractivity contribution in [3.8, 4) is 0 Å². The van der Waals surface area contributed by atoms with Gasteiger partial charge in [-0.15, -0.1) is 11.3 Å². The summed E-state index contributed by atoms with van der Waals surface area (Å²) in [5.41, 5.74) is 2.52. The molecule has 1 aromatic carbocycles. The highest BCUT2D eigenvalue weighted by Crippen LogP contribution is 2.18. The minimum absolute atomic E-state index is 0.339. The van der Waals surface area contributed by atoms with E-state index in [2.05, 4.69) is 50.2 Å². The molecule has 0 saturated carbocycles. The van der Waals surface area contributed by atoms with Gasteiger partial charge in [-0.05, 0) is 37.5 Å². The van der Waals surface area contributed by atoms with E-state index in [1.807, 2.05) is 0 Å². The third-order valence-corrected chi connectivity index (χ3v) is 4.44. The summed E-state index contributed by atoms with van der Waals surface area (Å²) in [6.07, 6.45) is 3.15. The highest BCUT2D eigenvalue weighted by atomic mass is 32.1. The summed E-state index contributed by atoms with van der Waals surface area (Å²) in [7, 11) is 0. The third-order valence-electron chi connectivity index (χ3n) is 3.21. The Kier molecular flexibility index (Phi) is 4.92. The molecule has 1 heterocycles. The van der Waals surface area contributed by atoms with Crippen LogP contribution in [-0.2, 0) is 24.1 Å². The van der Waals surface area contributed by atoms with Crippen molar-refractivity contribution in [2.75, 3.05) is 0 Å². The molecular formula is C17H20OS. The number of carbonyl (C=O) groups is 1. The summed E-state index contributed by atoms with van der Waals surface area (Å²) < 4.78 is 0. The number of hydrogen-bond donors (Lipinski definition) is 0. The molecule has 1 nitrogen and oxygen atoms in total. The van der Waals surface area contributed by atoms with E-state index < -0.39 is 0 Å². The maximum atomic E-state index is 12.0. The number of benzene rings is 1. The van der Waals surface area contributed by atoms with Crippen molar-refractivity contribution in [1.29, 1.82) is 0 Å². The topological polar surface area (TPSA) is 17.1 Å². The molecule has 0 aliphatic rings. The Balaban J connectivity index is 1.84.